The van der Waals surface area contributed by atoms with Crippen LogP contribution >= 0.6 is 0 Å². The molecule has 1 fully saturated rings. The Bertz CT molecular complexity index is 1080. The quantitative estimate of drug-likeness (QED) is 0.467. The molecule has 0 saturated carbocycles. The van der Waals surface area contributed by atoms with Gasteiger partial charge < -0.3 is 30.8 Å². The lowest BCUT2D eigenvalue weighted by molar-refractivity contribution is -0.163. The van der Waals surface area contributed by atoms with E-state index in [4.69, 9.17) is 25.7 Å². The van der Waals surface area contributed by atoms with Crippen molar-refractivity contribution in [2.24, 2.45) is 17.6 Å². The molecule has 1 aliphatic heterocycles. The highest BCUT2D eigenvalue weighted by Gasteiger charge is 2.60. The third kappa shape index (κ3) is 4.35. The summed E-state index contributed by atoms with van der Waals surface area (Å²) in [5, 5.41) is 25.4. The summed E-state index contributed by atoms with van der Waals surface area (Å²) < 4.78 is 18.0. The molecule has 0 aliphatic carbocycles. The van der Waals surface area contributed by atoms with E-state index < -0.39 is 54.4 Å². The van der Waals surface area contributed by atoms with Crippen molar-refractivity contribution in [3.05, 3.63) is 24.2 Å². The van der Waals surface area contributed by atoms with Gasteiger partial charge in [0.05, 0.1) is 11.6 Å². The van der Waals surface area contributed by atoms with Crippen LogP contribution in [0.4, 0.5) is 5.82 Å². The van der Waals surface area contributed by atoms with Gasteiger partial charge in [-0.1, -0.05) is 27.7 Å². The van der Waals surface area contributed by atoms with Crippen LogP contribution in [-0.2, 0) is 29.4 Å². The highest BCUT2D eigenvalue weighted by atomic mass is 16.6. The van der Waals surface area contributed by atoms with Crippen LogP contribution in [0.2, 0.25) is 0 Å². The smallest absolute Gasteiger partial charge is 0.323 e. The number of ether oxygens (including phenoxy) is 3. The van der Waals surface area contributed by atoms with Gasteiger partial charge in [0, 0.05) is 0 Å². The summed E-state index contributed by atoms with van der Waals surface area (Å²) in [6.07, 6.45) is -2.87. The highest BCUT2D eigenvalue weighted by Crippen LogP contribution is 2.42. The van der Waals surface area contributed by atoms with Crippen molar-refractivity contribution < 1.29 is 28.9 Å². The molecule has 5 atom stereocenters. The Morgan fingerprint density at radius 1 is 1.33 bits per heavy atom. The molecule has 1 saturated heterocycles. The van der Waals surface area contributed by atoms with Gasteiger partial charge in [-0.25, -0.2) is 9.50 Å². The molecule has 5 N–H and O–H groups in total. The van der Waals surface area contributed by atoms with Gasteiger partial charge in [0.1, 0.15) is 42.8 Å². The van der Waals surface area contributed by atoms with E-state index in [9.17, 15) is 20.0 Å². The number of nitrogens with zero attached hydrogens (tertiary/aromatic N) is 4. The first-order valence-corrected chi connectivity index (χ1v) is 10.5. The van der Waals surface area contributed by atoms with Crippen molar-refractivity contribution in [1.29, 1.82) is 5.26 Å². The number of aromatic nitrogens is 3. The van der Waals surface area contributed by atoms with Crippen LogP contribution in [0, 0.1) is 23.2 Å². The van der Waals surface area contributed by atoms with Gasteiger partial charge in [0.15, 0.2) is 11.9 Å². The molecule has 0 aromatic carbocycles. The van der Waals surface area contributed by atoms with Crippen LogP contribution in [0.3, 0.4) is 0 Å². The van der Waals surface area contributed by atoms with Crippen LogP contribution < -0.4 is 11.5 Å². The number of nitrogens with two attached hydrogens (primary N) is 2. The summed E-state index contributed by atoms with van der Waals surface area (Å²) in [6, 6.07) is 4.19. The first kappa shape index (κ1) is 24.4. The summed E-state index contributed by atoms with van der Waals surface area (Å²) in [4.78, 5) is 28.5. The Hall–Kier alpha value is -3.27. The summed E-state index contributed by atoms with van der Waals surface area (Å²) in [5.41, 5.74) is 10.3. The minimum atomic E-state index is -1.99. The Kier molecular flexibility index (Phi) is 6.87. The number of fused-ring (bicyclic) bond motifs is 1. The van der Waals surface area contributed by atoms with Crippen LogP contribution in [0.1, 0.15) is 33.4 Å². The predicted molar refractivity (Wildman–Crippen MR) is 114 cm³/mol. The molecular formula is C21H28N6O6. The number of carbonyl (C=O) groups excluding carboxylic acids is 2. The monoisotopic (exact) mass is 460 g/mol. The van der Waals surface area contributed by atoms with E-state index in [1.54, 1.807) is 33.8 Å². The van der Waals surface area contributed by atoms with Crippen LogP contribution in [0.5, 0.6) is 0 Å². The Morgan fingerprint density at radius 2 is 2.03 bits per heavy atom. The molecule has 0 unspecified atom stereocenters. The van der Waals surface area contributed by atoms with E-state index >= 15 is 0 Å². The summed E-state index contributed by atoms with van der Waals surface area (Å²) in [7, 11) is 0. The van der Waals surface area contributed by atoms with Gasteiger partial charge in [-0.2, -0.15) is 10.4 Å². The van der Waals surface area contributed by atoms with Crippen LogP contribution in [0.25, 0.3) is 5.52 Å². The summed E-state index contributed by atoms with van der Waals surface area (Å²) >= 11 is 0. The van der Waals surface area contributed by atoms with Gasteiger partial charge in [0.25, 0.3) is 0 Å². The van der Waals surface area contributed by atoms with Gasteiger partial charge in [-0.15, -0.1) is 0 Å². The fraction of sp³-hybridized carbons (Fsp3) is 0.571. The SMILES string of the molecule is CC(C)C(=O)O[C@H]1[C@@H](O)[C@](C#N)(c2ccc3c(N)ncnn23)O[C@@H]1COC(=O)[C@@H](N)C(C)C. The maximum absolute atomic E-state index is 12.3. The van der Waals surface area contributed by atoms with E-state index in [0.29, 0.717) is 5.52 Å². The molecule has 12 heteroatoms. The van der Waals surface area contributed by atoms with Gasteiger partial charge >= 0.3 is 11.9 Å². The molecule has 1 aliphatic rings. The zero-order valence-corrected chi connectivity index (χ0v) is 18.8. The zero-order valence-electron chi connectivity index (χ0n) is 18.8. The number of anilines is 1. The van der Waals surface area contributed by atoms with Gasteiger partial charge in [0.2, 0.25) is 5.60 Å². The van der Waals surface area contributed by atoms with Crippen LogP contribution in [-0.4, -0.2) is 62.6 Å². The zero-order chi connectivity index (χ0) is 24.5. The molecule has 3 rings (SSSR count). The highest BCUT2D eigenvalue weighted by molar-refractivity contribution is 5.75. The number of carbonyl (C=O) groups is 2. The summed E-state index contributed by atoms with van der Waals surface area (Å²) in [6.45, 7) is 6.39. The van der Waals surface area contributed by atoms with Gasteiger partial charge in [-0.05, 0) is 18.1 Å². The molecule has 0 radical (unpaired) electrons. The molecule has 0 bridgehead atoms. The number of rotatable bonds is 7. The third-order valence-corrected chi connectivity index (χ3v) is 5.56. The van der Waals surface area contributed by atoms with Crippen molar-refractivity contribution in [2.75, 3.05) is 12.3 Å². The second-order valence-electron chi connectivity index (χ2n) is 8.57. The predicted octanol–water partition coefficient (Wildman–Crippen LogP) is -0.116. The number of esters is 2. The van der Waals surface area contributed by atoms with E-state index in [1.165, 1.54) is 16.9 Å². The standard InChI is InChI=1S/C21H28N6O6/c1-10(2)15(23)20(30)31-7-13-16(32-19(29)11(3)4)17(28)21(8-22,33-13)14-6-5-12-18(24)25-9-26-27(12)14/h5-6,9-11,13,15-17,28H,7,23H2,1-4H3,(H2,24,25,26)/t13-,15+,16-,17-,21+/m1/s1. The van der Waals surface area contributed by atoms with E-state index in [2.05, 4.69) is 10.1 Å². The number of hydrogen-bond acceptors (Lipinski definition) is 11. The number of nitriles is 1. The van der Waals surface area contributed by atoms with E-state index in [1.807, 2.05) is 6.07 Å². The first-order chi connectivity index (χ1) is 15.5. The third-order valence-electron chi connectivity index (χ3n) is 5.56. The minimum Gasteiger partial charge on any atom is -0.462 e. The Labute approximate surface area is 190 Å². The fourth-order valence-electron chi connectivity index (χ4n) is 3.48. The van der Waals surface area contributed by atoms with Crippen LogP contribution in [0.15, 0.2) is 18.5 Å². The largest absolute Gasteiger partial charge is 0.462 e. The fourth-order valence-corrected chi connectivity index (χ4v) is 3.48. The van der Waals surface area contributed by atoms with Crippen molar-refractivity contribution in [3.63, 3.8) is 0 Å². The first-order valence-electron chi connectivity index (χ1n) is 10.5. The normalized spacial score (nSPS) is 25.8. The Morgan fingerprint density at radius 3 is 2.64 bits per heavy atom. The molecule has 2 aromatic rings. The topological polar surface area (TPSA) is 188 Å². The Balaban J connectivity index is 1.98. The number of aliphatic hydroxyl groups is 1. The molecule has 2 aromatic heterocycles. The molecule has 12 nitrogen and oxygen atoms in total. The lowest BCUT2D eigenvalue weighted by atomic mass is 9.92. The number of nitrogen functional groups attached to an aromatic ring is 1. The van der Waals surface area contributed by atoms with Gasteiger partial charge in [-0.3, -0.25) is 9.59 Å². The second-order valence-corrected chi connectivity index (χ2v) is 8.57. The maximum Gasteiger partial charge on any atom is 0.323 e. The van der Waals surface area contributed by atoms with E-state index in [0.717, 1.165) is 0 Å². The molecular weight excluding hydrogens is 432 g/mol. The molecule has 33 heavy (non-hydrogen) atoms. The average molecular weight is 460 g/mol. The van der Waals surface area contributed by atoms with Crippen molar-refractivity contribution in [1.82, 2.24) is 14.6 Å². The lowest BCUT2D eigenvalue weighted by Crippen LogP contribution is -2.44. The number of aliphatic hydroxyl groups excluding tert-OH is 1. The van der Waals surface area contributed by atoms with Crippen molar-refractivity contribution >= 4 is 23.3 Å². The second kappa shape index (κ2) is 9.30. The molecule has 0 amide bonds. The minimum absolute atomic E-state index is 0.153. The van der Waals surface area contributed by atoms with E-state index in [-0.39, 0.29) is 17.4 Å². The molecule has 178 valence electrons. The molecule has 0 spiro atoms. The van der Waals surface area contributed by atoms with Crippen molar-refractivity contribution in [2.45, 2.75) is 57.6 Å². The maximum atomic E-state index is 12.3. The average Bonchev–Trinajstić information content (AvgIpc) is 3.32. The number of hydrogen-bond donors (Lipinski definition) is 3. The summed E-state index contributed by atoms with van der Waals surface area (Å²) in [5.74, 6) is -1.81. The lowest BCUT2D eigenvalue weighted by Gasteiger charge is -2.25. The molecule has 3 heterocycles. The van der Waals surface area contributed by atoms with Crippen molar-refractivity contribution in [3.8, 4) is 6.07 Å².